The molecular formula is C13H18N4. The maximum Gasteiger partial charge on any atom is 0.146 e. The Kier molecular flexibility index (Phi) is 3.60. The molecule has 1 aliphatic rings. The highest BCUT2D eigenvalue weighted by molar-refractivity contribution is 5.56. The van der Waals surface area contributed by atoms with Crippen molar-refractivity contribution in [1.82, 2.24) is 4.98 Å². The van der Waals surface area contributed by atoms with Crippen LogP contribution in [-0.4, -0.2) is 24.6 Å². The van der Waals surface area contributed by atoms with Crippen molar-refractivity contribution in [3.05, 3.63) is 22.9 Å². The number of aromatic nitrogens is 1. The number of pyridine rings is 1. The van der Waals surface area contributed by atoms with Crippen molar-refractivity contribution in [1.29, 1.82) is 5.26 Å². The molecule has 1 heterocycles. The number of rotatable bonds is 4. The van der Waals surface area contributed by atoms with E-state index in [0.717, 1.165) is 43.9 Å². The smallest absolute Gasteiger partial charge is 0.146 e. The van der Waals surface area contributed by atoms with Gasteiger partial charge >= 0.3 is 0 Å². The molecule has 4 heteroatoms. The van der Waals surface area contributed by atoms with E-state index in [2.05, 4.69) is 22.9 Å². The minimum Gasteiger partial charge on any atom is -0.355 e. The van der Waals surface area contributed by atoms with E-state index in [0.29, 0.717) is 12.1 Å². The van der Waals surface area contributed by atoms with Gasteiger partial charge in [-0.05, 0) is 37.8 Å². The number of likely N-dealkylation sites (N-methyl/N-ethyl adjacent to an activating group) is 1. The summed E-state index contributed by atoms with van der Waals surface area (Å²) in [6.45, 7) is 4.22. The molecule has 4 nitrogen and oxygen atoms in total. The number of nitrogens with zero attached hydrogens (tertiary/aromatic N) is 3. The number of aryl methyl sites for hydroxylation is 2. The van der Waals surface area contributed by atoms with Crippen LogP contribution in [-0.2, 0) is 12.8 Å². The predicted molar refractivity (Wildman–Crippen MR) is 67.9 cm³/mol. The Hall–Kier alpha value is -1.60. The summed E-state index contributed by atoms with van der Waals surface area (Å²) in [5.74, 6) is 0.807. The van der Waals surface area contributed by atoms with Gasteiger partial charge in [0.15, 0.2) is 0 Å². The minimum absolute atomic E-state index is 0.581. The highest BCUT2D eigenvalue weighted by Crippen LogP contribution is 2.26. The lowest BCUT2D eigenvalue weighted by Gasteiger charge is -2.22. The summed E-state index contributed by atoms with van der Waals surface area (Å²) in [7, 11) is 0. The summed E-state index contributed by atoms with van der Waals surface area (Å²) >= 11 is 0. The second kappa shape index (κ2) is 5.15. The zero-order chi connectivity index (χ0) is 12.3. The number of hydrogen-bond donors (Lipinski definition) is 1. The van der Waals surface area contributed by atoms with E-state index in [1.165, 1.54) is 5.56 Å². The van der Waals surface area contributed by atoms with Crippen LogP contribution in [0.2, 0.25) is 0 Å². The quantitative estimate of drug-likeness (QED) is 0.844. The number of anilines is 1. The molecule has 2 rings (SSSR count). The average Bonchev–Trinajstić information content (AvgIpc) is 2.81. The Morgan fingerprint density at radius 1 is 1.53 bits per heavy atom. The van der Waals surface area contributed by atoms with Gasteiger partial charge in [-0.25, -0.2) is 4.98 Å². The molecule has 0 aliphatic heterocycles. The minimum atomic E-state index is 0.581. The Morgan fingerprint density at radius 2 is 2.35 bits per heavy atom. The van der Waals surface area contributed by atoms with Gasteiger partial charge < -0.3 is 10.6 Å². The average molecular weight is 230 g/mol. The standard InChI is InChI=1S/C13H18N4/c1-2-17(7-6-14)13-11(9-15)8-10-4-3-5-12(10)16-13/h8H,2-7,14H2,1H3. The molecule has 0 aromatic carbocycles. The Labute approximate surface area is 102 Å². The van der Waals surface area contributed by atoms with Gasteiger partial charge in [0.25, 0.3) is 0 Å². The van der Waals surface area contributed by atoms with Gasteiger partial charge in [-0.2, -0.15) is 5.26 Å². The molecule has 0 saturated heterocycles. The summed E-state index contributed by atoms with van der Waals surface area (Å²) < 4.78 is 0. The van der Waals surface area contributed by atoms with Crippen LogP contribution in [0.1, 0.15) is 30.2 Å². The molecular weight excluding hydrogens is 212 g/mol. The first-order valence-corrected chi connectivity index (χ1v) is 6.18. The molecule has 0 radical (unpaired) electrons. The SMILES string of the molecule is CCN(CCN)c1nc2c(cc1C#N)CCC2. The summed E-state index contributed by atoms with van der Waals surface area (Å²) in [4.78, 5) is 6.74. The summed E-state index contributed by atoms with van der Waals surface area (Å²) in [6, 6.07) is 4.26. The van der Waals surface area contributed by atoms with Crippen molar-refractivity contribution in [2.45, 2.75) is 26.2 Å². The van der Waals surface area contributed by atoms with Crippen LogP contribution in [0.15, 0.2) is 6.07 Å². The molecule has 0 amide bonds. The predicted octanol–water partition coefficient (Wildman–Crippen LogP) is 1.23. The summed E-state index contributed by atoms with van der Waals surface area (Å²) in [5.41, 5.74) is 8.68. The highest BCUT2D eigenvalue weighted by Gasteiger charge is 2.18. The van der Waals surface area contributed by atoms with Gasteiger partial charge in [0.2, 0.25) is 0 Å². The Morgan fingerprint density at radius 3 is 3.00 bits per heavy atom. The molecule has 0 bridgehead atoms. The lowest BCUT2D eigenvalue weighted by Crippen LogP contribution is -2.30. The Bertz CT molecular complexity index is 447. The zero-order valence-electron chi connectivity index (χ0n) is 10.2. The number of fused-ring (bicyclic) bond motifs is 1. The molecule has 1 aliphatic carbocycles. The lowest BCUT2D eigenvalue weighted by molar-refractivity contribution is 0.795. The molecule has 2 N–H and O–H groups in total. The van der Waals surface area contributed by atoms with E-state index in [-0.39, 0.29) is 0 Å². The molecule has 0 fully saturated rings. The van der Waals surface area contributed by atoms with Crippen LogP contribution in [0.3, 0.4) is 0 Å². The molecule has 0 atom stereocenters. The number of nitrogens with two attached hydrogens (primary N) is 1. The fraction of sp³-hybridized carbons (Fsp3) is 0.538. The van der Waals surface area contributed by atoms with Crippen LogP contribution in [0.5, 0.6) is 0 Å². The zero-order valence-corrected chi connectivity index (χ0v) is 10.2. The second-order valence-electron chi connectivity index (χ2n) is 4.30. The van der Waals surface area contributed by atoms with Gasteiger partial charge in [0, 0.05) is 25.3 Å². The maximum atomic E-state index is 9.21. The molecule has 0 unspecified atom stereocenters. The van der Waals surface area contributed by atoms with Gasteiger partial charge in [-0.1, -0.05) is 0 Å². The Balaban J connectivity index is 2.41. The van der Waals surface area contributed by atoms with E-state index in [4.69, 9.17) is 5.73 Å². The molecule has 0 spiro atoms. The van der Waals surface area contributed by atoms with E-state index in [1.54, 1.807) is 0 Å². The van der Waals surface area contributed by atoms with E-state index in [1.807, 2.05) is 6.07 Å². The third kappa shape index (κ3) is 2.25. The fourth-order valence-electron chi connectivity index (χ4n) is 2.35. The monoisotopic (exact) mass is 230 g/mol. The van der Waals surface area contributed by atoms with Crippen molar-refractivity contribution < 1.29 is 0 Å². The first kappa shape index (κ1) is 11.9. The van der Waals surface area contributed by atoms with E-state index < -0.39 is 0 Å². The normalized spacial score (nSPS) is 13.2. The maximum absolute atomic E-state index is 9.21. The van der Waals surface area contributed by atoms with Crippen molar-refractivity contribution >= 4 is 5.82 Å². The van der Waals surface area contributed by atoms with Gasteiger partial charge in [0.1, 0.15) is 11.9 Å². The largest absolute Gasteiger partial charge is 0.355 e. The van der Waals surface area contributed by atoms with Crippen molar-refractivity contribution in [2.24, 2.45) is 5.73 Å². The second-order valence-corrected chi connectivity index (χ2v) is 4.30. The summed E-state index contributed by atoms with van der Waals surface area (Å²) in [6.07, 6.45) is 3.24. The molecule has 90 valence electrons. The first-order chi connectivity index (χ1) is 8.30. The third-order valence-electron chi connectivity index (χ3n) is 3.23. The lowest BCUT2D eigenvalue weighted by atomic mass is 10.1. The van der Waals surface area contributed by atoms with Crippen LogP contribution in [0, 0.1) is 11.3 Å². The van der Waals surface area contributed by atoms with Gasteiger partial charge in [-0.15, -0.1) is 0 Å². The van der Waals surface area contributed by atoms with Crippen molar-refractivity contribution in [3.63, 3.8) is 0 Å². The first-order valence-electron chi connectivity index (χ1n) is 6.18. The third-order valence-corrected chi connectivity index (χ3v) is 3.23. The van der Waals surface area contributed by atoms with Crippen molar-refractivity contribution in [3.8, 4) is 6.07 Å². The van der Waals surface area contributed by atoms with Crippen molar-refractivity contribution in [2.75, 3.05) is 24.5 Å². The summed E-state index contributed by atoms with van der Waals surface area (Å²) in [5, 5.41) is 9.21. The van der Waals surface area contributed by atoms with Crippen LogP contribution in [0.25, 0.3) is 0 Å². The molecule has 17 heavy (non-hydrogen) atoms. The van der Waals surface area contributed by atoms with Gasteiger partial charge in [0.05, 0.1) is 5.56 Å². The fourth-order valence-corrected chi connectivity index (χ4v) is 2.35. The molecule has 0 saturated carbocycles. The van der Waals surface area contributed by atoms with Crippen LogP contribution in [0.4, 0.5) is 5.82 Å². The van der Waals surface area contributed by atoms with Crippen LogP contribution >= 0.6 is 0 Å². The molecule has 1 aromatic heterocycles. The topological polar surface area (TPSA) is 65.9 Å². The van der Waals surface area contributed by atoms with Gasteiger partial charge in [-0.3, -0.25) is 0 Å². The van der Waals surface area contributed by atoms with Crippen LogP contribution < -0.4 is 10.6 Å². The van der Waals surface area contributed by atoms with E-state index in [9.17, 15) is 5.26 Å². The number of hydrogen-bond acceptors (Lipinski definition) is 4. The highest BCUT2D eigenvalue weighted by atomic mass is 15.2. The van der Waals surface area contributed by atoms with E-state index >= 15 is 0 Å². The number of nitriles is 1. The molecule has 1 aromatic rings.